The van der Waals surface area contributed by atoms with Gasteiger partial charge >= 0.3 is 0 Å². The van der Waals surface area contributed by atoms with Gasteiger partial charge in [-0.25, -0.2) is 0 Å². The fraction of sp³-hybridized carbons (Fsp3) is 0.583. The van der Waals surface area contributed by atoms with Gasteiger partial charge in [0, 0.05) is 31.6 Å². The average Bonchev–Trinajstić information content (AvgIpc) is 2.74. The number of rotatable bonds is 4. The predicted molar refractivity (Wildman–Crippen MR) is 64.5 cm³/mol. The molecule has 0 saturated carbocycles. The van der Waals surface area contributed by atoms with Crippen LogP contribution in [0.25, 0.3) is 0 Å². The van der Waals surface area contributed by atoms with Gasteiger partial charge in [-0.1, -0.05) is 11.6 Å². The zero-order chi connectivity index (χ0) is 11.4. The lowest BCUT2D eigenvalue weighted by molar-refractivity contribution is 0.182. The Morgan fingerprint density at radius 1 is 1.62 bits per heavy atom. The maximum absolute atomic E-state index is 6.12. The number of halogens is 1. The molecule has 3 nitrogen and oxygen atoms in total. The first kappa shape index (κ1) is 11.8. The number of aromatic nitrogens is 1. The van der Waals surface area contributed by atoms with Crippen molar-refractivity contribution in [3.63, 3.8) is 0 Å². The van der Waals surface area contributed by atoms with Gasteiger partial charge in [0.1, 0.15) is 0 Å². The van der Waals surface area contributed by atoms with Crippen molar-refractivity contribution in [1.29, 1.82) is 0 Å². The molecule has 0 amide bonds. The Morgan fingerprint density at radius 3 is 3.19 bits per heavy atom. The first-order chi connectivity index (χ1) is 7.75. The van der Waals surface area contributed by atoms with E-state index in [2.05, 4.69) is 4.98 Å². The Morgan fingerprint density at radius 2 is 2.50 bits per heavy atom. The molecule has 1 aromatic rings. The zero-order valence-corrected chi connectivity index (χ0v) is 9.99. The summed E-state index contributed by atoms with van der Waals surface area (Å²) in [7, 11) is 0. The minimum atomic E-state index is 0.159. The van der Waals surface area contributed by atoms with Crippen molar-refractivity contribution < 1.29 is 4.74 Å². The summed E-state index contributed by atoms with van der Waals surface area (Å²) in [6, 6.07) is 2.10. The van der Waals surface area contributed by atoms with Crippen LogP contribution in [0, 0.1) is 5.92 Å². The highest BCUT2D eigenvalue weighted by molar-refractivity contribution is 6.31. The summed E-state index contributed by atoms with van der Waals surface area (Å²) in [5.41, 5.74) is 7.21. The maximum Gasteiger partial charge on any atom is 0.0621 e. The fourth-order valence-corrected chi connectivity index (χ4v) is 2.33. The first-order valence-electron chi connectivity index (χ1n) is 5.67. The fourth-order valence-electron chi connectivity index (χ4n) is 2.13. The Balaban J connectivity index is 1.86. The van der Waals surface area contributed by atoms with Crippen LogP contribution in [0.2, 0.25) is 5.02 Å². The molecule has 2 unspecified atom stereocenters. The Hall–Kier alpha value is -0.640. The van der Waals surface area contributed by atoms with E-state index in [0.717, 1.165) is 38.0 Å². The van der Waals surface area contributed by atoms with E-state index in [-0.39, 0.29) is 6.04 Å². The highest BCUT2D eigenvalue weighted by Gasteiger charge is 2.19. The van der Waals surface area contributed by atoms with Gasteiger partial charge in [-0.05, 0) is 36.8 Å². The van der Waals surface area contributed by atoms with Gasteiger partial charge in [-0.2, -0.15) is 0 Å². The van der Waals surface area contributed by atoms with Crippen LogP contribution in [0.4, 0.5) is 0 Å². The van der Waals surface area contributed by atoms with Gasteiger partial charge in [0.15, 0.2) is 0 Å². The standard InChI is InChI=1S/C12H17ClN2O/c13-12-7-15-3-1-10(12)6-11(14)5-9-2-4-16-8-9/h1,3,7,9,11H,2,4-6,8,14H2. The van der Waals surface area contributed by atoms with Gasteiger partial charge in [0.05, 0.1) is 5.02 Å². The number of nitrogens with zero attached hydrogens (tertiary/aromatic N) is 1. The van der Waals surface area contributed by atoms with Crippen LogP contribution in [-0.2, 0) is 11.2 Å². The molecule has 4 heteroatoms. The van der Waals surface area contributed by atoms with E-state index in [0.29, 0.717) is 10.9 Å². The van der Waals surface area contributed by atoms with Gasteiger partial charge in [0.25, 0.3) is 0 Å². The number of pyridine rings is 1. The molecule has 1 aliphatic heterocycles. The third-order valence-electron chi connectivity index (χ3n) is 3.00. The first-order valence-corrected chi connectivity index (χ1v) is 6.05. The van der Waals surface area contributed by atoms with Gasteiger partial charge in [-0.3, -0.25) is 4.98 Å². The van der Waals surface area contributed by atoms with E-state index >= 15 is 0 Å². The van der Waals surface area contributed by atoms with Crippen molar-refractivity contribution in [1.82, 2.24) is 4.98 Å². The molecule has 2 rings (SSSR count). The van der Waals surface area contributed by atoms with Gasteiger partial charge in [0.2, 0.25) is 0 Å². The normalized spacial score (nSPS) is 22.2. The van der Waals surface area contributed by atoms with Crippen molar-refractivity contribution in [2.75, 3.05) is 13.2 Å². The summed E-state index contributed by atoms with van der Waals surface area (Å²) in [6.07, 6.45) is 6.39. The molecule has 16 heavy (non-hydrogen) atoms. The second-order valence-electron chi connectivity index (χ2n) is 4.40. The Labute approximate surface area is 101 Å². The number of nitrogens with two attached hydrogens (primary N) is 1. The van der Waals surface area contributed by atoms with E-state index in [1.807, 2.05) is 6.07 Å². The average molecular weight is 241 g/mol. The van der Waals surface area contributed by atoms with Crippen molar-refractivity contribution in [3.8, 4) is 0 Å². The Kier molecular flexibility index (Phi) is 4.16. The molecule has 2 heterocycles. The largest absolute Gasteiger partial charge is 0.381 e. The third-order valence-corrected chi connectivity index (χ3v) is 3.34. The monoisotopic (exact) mass is 240 g/mol. The molecule has 2 N–H and O–H groups in total. The van der Waals surface area contributed by atoms with Gasteiger partial charge < -0.3 is 10.5 Å². The van der Waals surface area contributed by atoms with E-state index in [9.17, 15) is 0 Å². The van der Waals surface area contributed by atoms with Crippen molar-refractivity contribution in [2.45, 2.75) is 25.3 Å². The molecule has 1 fully saturated rings. The smallest absolute Gasteiger partial charge is 0.0621 e. The summed E-state index contributed by atoms with van der Waals surface area (Å²) in [4.78, 5) is 3.96. The van der Waals surface area contributed by atoms with Crippen molar-refractivity contribution in [3.05, 3.63) is 29.0 Å². The molecule has 1 saturated heterocycles. The van der Waals surface area contributed by atoms with E-state index in [1.165, 1.54) is 0 Å². The molecule has 0 aromatic carbocycles. The zero-order valence-electron chi connectivity index (χ0n) is 9.23. The number of hydrogen-bond acceptors (Lipinski definition) is 3. The van der Waals surface area contributed by atoms with E-state index in [4.69, 9.17) is 22.1 Å². The molecule has 1 aromatic heterocycles. The number of hydrogen-bond donors (Lipinski definition) is 1. The van der Waals surface area contributed by atoms with Crippen LogP contribution in [-0.4, -0.2) is 24.2 Å². The molecule has 0 bridgehead atoms. The molecular weight excluding hydrogens is 224 g/mol. The second-order valence-corrected chi connectivity index (χ2v) is 4.80. The van der Waals surface area contributed by atoms with E-state index in [1.54, 1.807) is 12.4 Å². The predicted octanol–water partition coefficient (Wildman–Crippen LogP) is 2.03. The van der Waals surface area contributed by atoms with Crippen LogP contribution in [0.5, 0.6) is 0 Å². The SMILES string of the molecule is NC(Cc1ccncc1Cl)CC1CCOC1. The molecule has 0 aliphatic carbocycles. The summed E-state index contributed by atoms with van der Waals surface area (Å²) in [6.45, 7) is 1.74. The minimum absolute atomic E-state index is 0.159. The summed E-state index contributed by atoms with van der Waals surface area (Å²) in [5, 5.41) is 0.709. The van der Waals surface area contributed by atoms with Crippen LogP contribution in [0.1, 0.15) is 18.4 Å². The lowest BCUT2D eigenvalue weighted by Gasteiger charge is -2.15. The lowest BCUT2D eigenvalue weighted by atomic mass is 9.95. The number of ether oxygens (including phenoxy) is 1. The van der Waals surface area contributed by atoms with Gasteiger partial charge in [-0.15, -0.1) is 0 Å². The maximum atomic E-state index is 6.12. The summed E-state index contributed by atoms with van der Waals surface area (Å²) < 4.78 is 5.34. The summed E-state index contributed by atoms with van der Waals surface area (Å²) >= 11 is 6.04. The molecule has 0 spiro atoms. The van der Waals surface area contributed by atoms with E-state index < -0.39 is 0 Å². The molecule has 88 valence electrons. The molecule has 1 aliphatic rings. The molecular formula is C12H17ClN2O. The molecule has 0 radical (unpaired) electrons. The van der Waals surface area contributed by atoms with Crippen molar-refractivity contribution >= 4 is 11.6 Å². The summed E-state index contributed by atoms with van der Waals surface area (Å²) in [5.74, 6) is 0.621. The van der Waals surface area contributed by atoms with Crippen LogP contribution >= 0.6 is 11.6 Å². The quantitative estimate of drug-likeness (QED) is 0.876. The highest BCUT2D eigenvalue weighted by Crippen LogP contribution is 2.21. The minimum Gasteiger partial charge on any atom is -0.381 e. The highest BCUT2D eigenvalue weighted by atomic mass is 35.5. The lowest BCUT2D eigenvalue weighted by Crippen LogP contribution is -2.26. The Bertz CT molecular complexity index is 340. The van der Waals surface area contributed by atoms with Crippen LogP contribution in [0.15, 0.2) is 18.5 Å². The van der Waals surface area contributed by atoms with Crippen molar-refractivity contribution in [2.24, 2.45) is 11.7 Å². The topological polar surface area (TPSA) is 48.1 Å². The third kappa shape index (κ3) is 3.17. The van der Waals surface area contributed by atoms with Crippen LogP contribution in [0.3, 0.4) is 0 Å². The second kappa shape index (κ2) is 5.62. The molecule has 2 atom stereocenters. The van der Waals surface area contributed by atoms with Crippen LogP contribution < -0.4 is 5.73 Å².